The predicted octanol–water partition coefficient (Wildman–Crippen LogP) is 0.0299. The summed E-state index contributed by atoms with van der Waals surface area (Å²) >= 11 is 0. The van der Waals surface area contributed by atoms with Gasteiger partial charge in [0.2, 0.25) is 11.8 Å². The molecule has 0 aliphatic heterocycles. The summed E-state index contributed by atoms with van der Waals surface area (Å²) in [7, 11) is 3.47. The summed E-state index contributed by atoms with van der Waals surface area (Å²) in [6.07, 6.45) is 0. The fourth-order valence-corrected chi connectivity index (χ4v) is 1.47. The Kier molecular flexibility index (Phi) is 4.79. The molecular weight excluding hydrogens is 237 g/mol. The summed E-state index contributed by atoms with van der Waals surface area (Å²) in [5, 5.41) is 2.51. The lowest BCUT2D eigenvalue weighted by Gasteiger charge is -2.17. The van der Waals surface area contributed by atoms with E-state index in [1.807, 2.05) is 0 Å². The van der Waals surface area contributed by atoms with E-state index in [9.17, 15) is 14.0 Å². The number of nitrogens with one attached hydrogen (secondary N) is 1. The minimum absolute atomic E-state index is 0.144. The molecule has 3 N–H and O–H groups in total. The molecular formula is C12H16FN3O2. The molecule has 1 aromatic rings. The number of rotatable bonds is 5. The van der Waals surface area contributed by atoms with Gasteiger partial charge in [-0.05, 0) is 31.8 Å². The molecule has 2 amide bonds. The molecule has 0 saturated carbocycles. The van der Waals surface area contributed by atoms with E-state index >= 15 is 0 Å². The van der Waals surface area contributed by atoms with Crippen molar-refractivity contribution in [2.45, 2.75) is 6.04 Å². The standard InChI is InChI=1S/C12H16FN3O2/c1-16(2)7-10(17)15-11(12(14)18)8-3-5-9(13)6-4-8/h3-6,11H,7H2,1-2H3,(H2,14,18)(H,15,17). The number of carbonyl (C=O) groups is 2. The molecule has 0 bridgehead atoms. The minimum atomic E-state index is -0.946. The summed E-state index contributed by atoms with van der Waals surface area (Å²) in [5.74, 6) is -1.43. The molecule has 0 spiro atoms. The zero-order chi connectivity index (χ0) is 13.7. The van der Waals surface area contributed by atoms with E-state index in [0.717, 1.165) is 0 Å². The second-order valence-corrected chi connectivity index (χ2v) is 4.19. The summed E-state index contributed by atoms with van der Waals surface area (Å²) in [6, 6.07) is 4.31. The molecule has 0 heterocycles. The van der Waals surface area contributed by atoms with Gasteiger partial charge in [-0.2, -0.15) is 0 Å². The summed E-state index contributed by atoms with van der Waals surface area (Å²) in [5.41, 5.74) is 5.68. The maximum absolute atomic E-state index is 12.8. The first-order chi connectivity index (χ1) is 8.40. The van der Waals surface area contributed by atoms with Crippen LogP contribution in [0.15, 0.2) is 24.3 Å². The van der Waals surface area contributed by atoms with Crippen molar-refractivity contribution in [3.8, 4) is 0 Å². The maximum Gasteiger partial charge on any atom is 0.244 e. The van der Waals surface area contributed by atoms with Gasteiger partial charge in [-0.1, -0.05) is 12.1 Å². The fraction of sp³-hybridized carbons (Fsp3) is 0.333. The fourth-order valence-electron chi connectivity index (χ4n) is 1.47. The number of nitrogens with two attached hydrogens (primary N) is 1. The first-order valence-electron chi connectivity index (χ1n) is 5.39. The first-order valence-corrected chi connectivity index (χ1v) is 5.39. The average Bonchev–Trinajstić information content (AvgIpc) is 2.26. The van der Waals surface area contributed by atoms with Gasteiger partial charge in [0.15, 0.2) is 0 Å². The van der Waals surface area contributed by atoms with E-state index in [2.05, 4.69) is 5.32 Å². The Morgan fingerprint density at radius 1 is 1.33 bits per heavy atom. The van der Waals surface area contributed by atoms with Crippen molar-refractivity contribution in [3.63, 3.8) is 0 Å². The van der Waals surface area contributed by atoms with Gasteiger partial charge in [-0.3, -0.25) is 9.59 Å². The summed E-state index contributed by atoms with van der Waals surface area (Å²) in [6.45, 7) is 0.144. The molecule has 6 heteroatoms. The van der Waals surface area contributed by atoms with Gasteiger partial charge in [-0.25, -0.2) is 4.39 Å². The van der Waals surface area contributed by atoms with E-state index < -0.39 is 17.8 Å². The van der Waals surface area contributed by atoms with Gasteiger partial charge < -0.3 is 16.0 Å². The van der Waals surface area contributed by atoms with Crippen molar-refractivity contribution in [2.75, 3.05) is 20.6 Å². The third-order valence-electron chi connectivity index (χ3n) is 2.25. The monoisotopic (exact) mass is 253 g/mol. The molecule has 0 fully saturated rings. The van der Waals surface area contributed by atoms with E-state index in [1.165, 1.54) is 24.3 Å². The van der Waals surface area contributed by atoms with Crippen LogP contribution >= 0.6 is 0 Å². The van der Waals surface area contributed by atoms with Crippen LogP contribution in [-0.4, -0.2) is 37.4 Å². The van der Waals surface area contributed by atoms with Crippen LogP contribution in [0.25, 0.3) is 0 Å². The number of nitrogens with zero attached hydrogens (tertiary/aromatic N) is 1. The van der Waals surface area contributed by atoms with Crippen LogP contribution in [0.4, 0.5) is 4.39 Å². The Morgan fingerprint density at radius 3 is 2.33 bits per heavy atom. The number of benzene rings is 1. The molecule has 0 aromatic heterocycles. The molecule has 0 aliphatic rings. The van der Waals surface area contributed by atoms with Gasteiger partial charge in [-0.15, -0.1) is 0 Å². The van der Waals surface area contributed by atoms with Crippen LogP contribution in [0.2, 0.25) is 0 Å². The van der Waals surface area contributed by atoms with Gasteiger partial charge in [0.1, 0.15) is 11.9 Å². The normalized spacial score (nSPS) is 12.2. The predicted molar refractivity (Wildman–Crippen MR) is 65.0 cm³/mol. The Bertz CT molecular complexity index is 431. The van der Waals surface area contributed by atoms with Crippen LogP contribution in [0.1, 0.15) is 11.6 Å². The van der Waals surface area contributed by atoms with E-state index in [-0.39, 0.29) is 12.5 Å². The van der Waals surface area contributed by atoms with Crippen LogP contribution in [0.3, 0.4) is 0 Å². The lowest BCUT2D eigenvalue weighted by molar-refractivity contribution is -0.127. The summed E-state index contributed by atoms with van der Waals surface area (Å²) in [4.78, 5) is 24.5. The Labute approximate surface area is 105 Å². The van der Waals surface area contributed by atoms with Gasteiger partial charge in [0.25, 0.3) is 0 Å². The Morgan fingerprint density at radius 2 is 1.89 bits per heavy atom. The van der Waals surface area contributed by atoms with Gasteiger partial charge in [0, 0.05) is 0 Å². The van der Waals surface area contributed by atoms with Crippen molar-refractivity contribution < 1.29 is 14.0 Å². The highest BCUT2D eigenvalue weighted by Gasteiger charge is 2.20. The van der Waals surface area contributed by atoms with Crippen LogP contribution in [0, 0.1) is 5.82 Å². The number of carbonyl (C=O) groups excluding carboxylic acids is 2. The molecule has 1 unspecified atom stereocenters. The molecule has 0 radical (unpaired) electrons. The third-order valence-corrected chi connectivity index (χ3v) is 2.25. The highest BCUT2D eigenvalue weighted by atomic mass is 19.1. The van der Waals surface area contributed by atoms with Crippen molar-refractivity contribution >= 4 is 11.8 Å². The number of hydrogen-bond donors (Lipinski definition) is 2. The zero-order valence-corrected chi connectivity index (χ0v) is 10.3. The smallest absolute Gasteiger partial charge is 0.244 e. The number of hydrogen-bond acceptors (Lipinski definition) is 3. The molecule has 18 heavy (non-hydrogen) atoms. The molecule has 0 aliphatic carbocycles. The number of primary amides is 1. The number of amides is 2. The summed E-state index contributed by atoms with van der Waals surface area (Å²) < 4.78 is 12.8. The largest absolute Gasteiger partial charge is 0.368 e. The van der Waals surface area contributed by atoms with E-state index in [4.69, 9.17) is 5.73 Å². The molecule has 1 atom stereocenters. The Balaban J connectivity index is 2.80. The van der Waals surface area contributed by atoms with E-state index in [1.54, 1.807) is 19.0 Å². The second kappa shape index (κ2) is 6.11. The highest BCUT2D eigenvalue weighted by Crippen LogP contribution is 2.13. The maximum atomic E-state index is 12.8. The molecule has 1 aromatic carbocycles. The topological polar surface area (TPSA) is 75.4 Å². The lowest BCUT2D eigenvalue weighted by atomic mass is 10.1. The van der Waals surface area contributed by atoms with Crippen molar-refractivity contribution in [3.05, 3.63) is 35.6 Å². The SMILES string of the molecule is CN(C)CC(=O)NC(C(N)=O)c1ccc(F)cc1. The number of halogens is 1. The molecule has 98 valence electrons. The van der Waals surface area contributed by atoms with Crippen molar-refractivity contribution in [1.82, 2.24) is 10.2 Å². The first kappa shape index (κ1) is 14.1. The van der Waals surface area contributed by atoms with Crippen LogP contribution in [0.5, 0.6) is 0 Å². The second-order valence-electron chi connectivity index (χ2n) is 4.19. The minimum Gasteiger partial charge on any atom is -0.368 e. The molecule has 0 saturated heterocycles. The molecule has 5 nitrogen and oxygen atoms in total. The van der Waals surface area contributed by atoms with Crippen LogP contribution < -0.4 is 11.1 Å². The van der Waals surface area contributed by atoms with E-state index in [0.29, 0.717) is 5.56 Å². The number of likely N-dealkylation sites (N-methyl/N-ethyl adjacent to an activating group) is 1. The zero-order valence-electron chi connectivity index (χ0n) is 10.3. The lowest BCUT2D eigenvalue weighted by Crippen LogP contribution is -2.41. The van der Waals surface area contributed by atoms with Crippen molar-refractivity contribution in [1.29, 1.82) is 0 Å². The highest BCUT2D eigenvalue weighted by molar-refractivity contribution is 5.88. The van der Waals surface area contributed by atoms with Gasteiger partial charge in [0.05, 0.1) is 6.54 Å². The van der Waals surface area contributed by atoms with Gasteiger partial charge >= 0.3 is 0 Å². The Hall–Kier alpha value is -1.95. The average molecular weight is 253 g/mol. The van der Waals surface area contributed by atoms with Crippen molar-refractivity contribution in [2.24, 2.45) is 5.73 Å². The molecule has 1 rings (SSSR count). The third kappa shape index (κ3) is 4.14. The quantitative estimate of drug-likeness (QED) is 0.777. The van der Waals surface area contributed by atoms with Crippen LogP contribution in [-0.2, 0) is 9.59 Å².